The van der Waals surface area contributed by atoms with Crippen molar-refractivity contribution in [3.63, 3.8) is 0 Å². The largest absolute Gasteiger partial charge is 0.381 e. The maximum absolute atomic E-state index is 12.9. The topological polar surface area (TPSA) is 58.8 Å². The molecule has 0 aromatic rings. The molecule has 29 heavy (non-hydrogen) atoms. The van der Waals surface area contributed by atoms with Gasteiger partial charge in [-0.05, 0) is 83.5 Å². The van der Waals surface area contributed by atoms with Gasteiger partial charge in [-0.1, -0.05) is 27.2 Å². The van der Waals surface area contributed by atoms with Crippen LogP contribution in [0, 0.1) is 17.3 Å². The highest BCUT2D eigenvalue weighted by Gasteiger charge is 2.47. The summed E-state index contributed by atoms with van der Waals surface area (Å²) in [5, 5.41) is 0. The molecule has 3 aliphatic rings. The molecule has 172 valence electrons. The molecule has 5 heteroatoms. The summed E-state index contributed by atoms with van der Waals surface area (Å²) in [6.45, 7) is 14.3. The normalized spacial score (nSPS) is 26.6. The van der Waals surface area contributed by atoms with Gasteiger partial charge in [0.25, 0.3) is 0 Å². The molecule has 0 unspecified atom stereocenters. The first-order valence-electron chi connectivity index (χ1n) is 12.4. The highest BCUT2D eigenvalue weighted by Crippen LogP contribution is 2.42. The van der Waals surface area contributed by atoms with Crippen LogP contribution in [0.4, 0.5) is 0 Å². The first kappa shape index (κ1) is 24.6. The molecule has 1 aliphatic carbocycles. The molecular weight excluding hydrogens is 362 g/mol. The molecule has 1 saturated carbocycles. The molecule has 0 aromatic carbocycles. The van der Waals surface area contributed by atoms with E-state index < -0.39 is 0 Å². The first-order valence-corrected chi connectivity index (χ1v) is 12.4. The minimum atomic E-state index is 0. The standard InChI is InChI=1S/C22H41N3O2.C2H6.H2/c1-2-3-15-27-16-19-5-7-20(8-6-19)21(26)25-17-22(18-25)9-13-24(14-10-22)12-4-11-23;1-2;/h19-20H,2-18,23H2,1H3;1-2H3;1H. The monoisotopic (exact) mass is 411 g/mol. The Morgan fingerprint density at radius 3 is 2.34 bits per heavy atom. The van der Waals surface area contributed by atoms with Crippen LogP contribution in [0.2, 0.25) is 0 Å². The zero-order chi connectivity index (χ0) is 21.1. The molecule has 5 nitrogen and oxygen atoms in total. The maximum atomic E-state index is 12.9. The molecule has 0 atom stereocenters. The second kappa shape index (κ2) is 12.9. The van der Waals surface area contributed by atoms with Gasteiger partial charge in [-0.2, -0.15) is 0 Å². The summed E-state index contributed by atoms with van der Waals surface area (Å²) in [7, 11) is 0. The number of nitrogens with zero attached hydrogens (tertiary/aromatic N) is 2. The van der Waals surface area contributed by atoms with Crippen LogP contribution in [-0.2, 0) is 9.53 Å². The molecule has 2 saturated heterocycles. The third-order valence-electron chi connectivity index (χ3n) is 7.15. The Kier molecular flexibility index (Phi) is 11.0. The second-order valence-corrected chi connectivity index (χ2v) is 9.32. The quantitative estimate of drug-likeness (QED) is 0.579. The summed E-state index contributed by atoms with van der Waals surface area (Å²) in [6.07, 6.45) is 10.4. The predicted octanol–water partition coefficient (Wildman–Crippen LogP) is 4.15. The van der Waals surface area contributed by atoms with E-state index in [1.165, 1.54) is 32.4 Å². The number of carbonyl (C=O) groups excluding carboxylic acids is 1. The van der Waals surface area contributed by atoms with Gasteiger partial charge in [0.05, 0.1) is 0 Å². The van der Waals surface area contributed by atoms with E-state index in [9.17, 15) is 4.79 Å². The molecule has 1 amide bonds. The minimum Gasteiger partial charge on any atom is -0.381 e. The Bertz CT molecular complexity index is 453. The van der Waals surface area contributed by atoms with Crippen molar-refractivity contribution in [1.82, 2.24) is 9.80 Å². The lowest BCUT2D eigenvalue weighted by Gasteiger charge is -2.55. The number of nitrogens with two attached hydrogens (primary N) is 1. The van der Waals surface area contributed by atoms with Crippen molar-refractivity contribution in [1.29, 1.82) is 0 Å². The van der Waals surface area contributed by atoms with E-state index in [-0.39, 0.29) is 7.34 Å². The Balaban J connectivity index is 0.00000146. The summed E-state index contributed by atoms with van der Waals surface area (Å²) in [5.41, 5.74) is 6.06. The van der Waals surface area contributed by atoms with Crippen LogP contribution in [0.3, 0.4) is 0 Å². The number of ether oxygens (including phenoxy) is 1. The van der Waals surface area contributed by atoms with Crippen LogP contribution in [0.15, 0.2) is 0 Å². The Hall–Kier alpha value is -0.650. The molecule has 0 radical (unpaired) electrons. The first-order chi connectivity index (χ1) is 14.2. The zero-order valence-corrected chi connectivity index (χ0v) is 19.5. The van der Waals surface area contributed by atoms with E-state index in [0.717, 1.165) is 77.9 Å². The zero-order valence-electron chi connectivity index (χ0n) is 19.5. The highest BCUT2D eigenvalue weighted by molar-refractivity contribution is 5.80. The average molecular weight is 412 g/mol. The van der Waals surface area contributed by atoms with E-state index in [4.69, 9.17) is 10.5 Å². The predicted molar refractivity (Wildman–Crippen MR) is 123 cm³/mol. The SMILES string of the molecule is CC.CCCCOCC1CCC(C(=O)N2CC3(CCN(CCCN)CC3)C2)CC1.[HH]. The molecule has 0 bridgehead atoms. The van der Waals surface area contributed by atoms with Crippen LogP contribution in [0.1, 0.15) is 80.0 Å². The minimum absolute atomic E-state index is 0. The van der Waals surface area contributed by atoms with Gasteiger partial charge >= 0.3 is 0 Å². The number of hydrogen-bond donors (Lipinski definition) is 1. The van der Waals surface area contributed by atoms with Gasteiger partial charge < -0.3 is 20.3 Å². The van der Waals surface area contributed by atoms with Crippen molar-refractivity contribution in [3.05, 3.63) is 0 Å². The molecule has 0 aromatic heterocycles. The Morgan fingerprint density at radius 1 is 1.10 bits per heavy atom. The fraction of sp³-hybridized carbons (Fsp3) is 0.958. The number of likely N-dealkylation sites (tertiary alicyclic amines) is 2. The fourth-order valence-corrected chi connectivity index (χ4v) is 5.13. The molecular formula is C24H49N3O2. The van der Waals surface area contributed by atoms with Crippen LogP contribution in [-0.4, -0.2) is 68.2 Å². The maximum Gasteiger partial charge on any atom is 0.225 e. The van der Waals surface area contributed by atoms with Gasteiger partial charge in [-0.25, -0.2) is 0 Å². The molecule has 3 fully saturated rings. The summed E-state index contributed by atoms with van der Waals surface area (Å²) in [4.78, 5) is 17.6. The van der Waals surface area contributed by atoms with E-state index in [2.05, 4.69) is 16.7 Å². The van der Waals surface area contributed by atoms with Crippen molar-refractivity contribution in [2.75, 3.05) is 52.5 Å². The smallest absolute Gasteiger partial charge is 0.225 e. The molecule has 2 heterocycles. The summed E-state index contributed by atoms with van der Waals surface area (Å²) in [5.74, 6) is 1.39. The molecule has 2 N–H and O–H groups in total. The van der Waals surface area contributed by atoms with Crippen molar-refractivity contribution in [2.45, 2.75) is 78.6 Å². The molecule has 3 rings (SSSR count). The van der Waals surface area contributed by atoms with E-state index in [1.54, 1.807) is 0 Å². The van der Waals surface area contributed by atoms with Crippen LogP contribution in [0.5, 0.6) is 0 Å². The summed E-state index contributed by atoms with van der Waals surface area (Å²) in [6, 6.07) is 0. The van der Waals surface area contributed by atoms with Gasteiger partial charge in [-0.3, -0.25) is 4.79 Å². The molecule has 1 spiro atoms. The lowest BCUT2D eigenvalue weighted by atomic mass is 9.71. The Morgan fingerprint density at radius 2 is 1.76 bits per heavy atom. The second-order valence-electron chi connectivity index (χ2n) is 9.32. The van der Waals surface area contributed by atoms with Gasteiger partial charge in [0.1, 0.15) is 0 Å². The van der Waals surface area contributed by atoms with Gasteiger partial charge in [0.2, 0.25) is 5.91 Å². The number of carbonyl (C=O) groups is 1. The van der Waals surface area contributed by atoms with Crippen LogP contribution in [0.25, 0.3) is 0 Å². The van der Waals surface area contributed by atoms with Crippen molar-refractivity contribution < 1.29 is 11.0 Å². The van der Waals surface area contributed by atoms with Crippen LogP contribution < -0.4 is 5.73 Å². The fourth-order valence-electron chi connectivity index (χ4n) is 5.13. The average Bonchev–Trinajstić information content (AvgIpc) is 2.75. The third-order valence-corrected chi connectivity index (χ3v) is 7.15. The summed E-state index contributed by atoms with van der Waals surface area (Å²) < 4.78 is 5.79. The van der Waals surface area contributed by atoms with E-state index in [0.29, 0.717) is 17.2 Å². The summed E-state index contributed by atoms with van der Waals surface area (Å²) >= 11 is 0. The van der Waals surface area contributed by atoms with Gasteiger partial charge in [-0.15, -0.1) is 0 Å². The lowest BCUT2D eigenvalue weighted by Crippen LogP contribution is -2.63. The van der Waals surface area contributed by atoms with Gasteiger partial charge in [0, 0.05) is 39.1 Å². The Labute approximate surface area is 181 Å². The third kappa shape index (κ3) is 7.22. The lowest BCUT2D eigenvalue weighted by molar-refractivity contribution is -0.152. The number of hydrogen-bond acceptors (Lipinski definition) is 4. The van der Waals surface area contributed by atoms with Crippen molar-refractivity contribution in [2.24, 2.45) is 23.0 Å². The van der Waals surface area contributed by atoms with Crippen LogP contribution >= 0.6 is 0 Å². The number of amides is 1. The number of piperidine rings is 1. The van der Waals surface area contributed by atoms with E-state index >= 15 is 0 Å². The van der Waals surface area contributed by atoms with Crippen molar-refractivity contribution >= 4 is 5.91 Å². The number of unbranched alkanes of at least 4 members (excludes halogenated alkanes) is 1. The van der Waals surface area contributed by atoms with E-state index in [1.807, 2.05) is 13.8 Å². The van der Waals surface area contributed by atoms with Crippen molar-refractivity contribution in [3.8, 4) is 0 Å². The van der Waals surface area contributed by atoms with Gasteiger partial charge in [0.15, 0.2) is 0 Å². The molecule has 2 aliphatic heterocycles. The highest BCUT2D eigenvalue weighted by atomic mass is 16.5. The number of rotatable bonds is 9.